The first kappa shape index (κ1) is 10.3. The molecule has 0 bridgehead atoms. The van der Waals surface area contributed by atoms with Crippen molar-refractivity contribution in [1.82, 2.24) is 0 Å². The third-order valence-corrected chi connectivity index (χ3v) is 2.83. The van der Waals surface area contributed by atoms with E-state index in [0.717, 1.165) is 5.56 Å². The summed E-state index contributed by atoms with van der Waals surface area (Å²) < 4.78 is 0. The molecule has 1 heterocycles. The highest BCUT2D eigenvalue weighted by atomic mass is 17.2. The number of carbonyl (C=O) groups is 1. The fraction of sp³-hybridized carbons (Fsp3) is 0.417. The molecule has 0 aromatic heterocycles. The van der Waals surface area contributed by atoms with Gasteiger partial charge in [-0.3, -0.25) is 4.79 Å². The lowest BCUT2D eigenvalue weighted by molar-refractivity contribution is -0.248. The lowest BCUT2D eigenvalue weighted by Gasteiger charge is -2.14. The molecule has 0 N–H and O–H groups in total. The first-order chi connectivity index (χ1) is 7.29. The van der Waals surface area contributed by atoms with Crippen LogP contribution in [0.1, 0.15) is 17.3 Å². The van der Waals surface area contributed by atoms with E-state index in [1.165, 1.54) is 0 Å². The molecule has 1 aliphatic heterocycles. The zero-order valence-corrected chi connectivity index (χ0v) is 8.68. The predicted octanol–water partition coefficient (Wildman–Crippen LogP) is 2.08. The lowest BCUT2D eigenvalue weighted by atomic mass is 9.88. The van der Waals surface area contributed by atoms with Gasteiger partial charge < -0.3 is 0 Å². The minimum Gasteiger partial charge on any atom is -0.294 e. The van der Waals surface area contributed by atoms with Gasteiger partial charge in [0.05, 0.1) is 13.2 Å². The van der Waals surface area contributed by atoms with E-state index < -0.39 is 0 Å². The van der Waals surface area contributed by atoms with Crippen LogP contribution >= 0.6 is 0 Å². The van der Waals surface area contributed by atoms with E-state index in [1.807, 2.05) is 37.3 Å². The lowest BCUT2D eigenvalue weighted by Crippen LogP contribution is -2.23. The van der Waals surface area contributed by atoms with Gasteiger partial charge in [0.1, 0.15) is 0 Å². The second kappa shape index (κ2) is 4.55. The molecule has 0 radical (unpaired) electrons. The van der Waals surface area contributed by atoms with Crippen molar-refractivity contribution in [3.63, 3.8) is 0 Å². The zero-order chi connectivity index (χ0) is 10.7. The summed E-state index contributed by atoms with van der Waals surface area (Å²) in [5, 5.41) is 0. The third kappa shape index (κ3) is 2.25. The second-order valence-corrected chi connectivity index (χ2v) is 3.85. The molecule has 3 heteroatoms. The average molecular weight is 206 g/mol. The quantitative estimate of drug-likeness (QED) is 0.561. The van der Waals surface area contributed by atoms with Gasteiger partial charge in [-0.15, -0.1) is 0 Å². The van der Waals surface area contributed by atoms with Crippen LogP contribution in [0.15, 0.2) is 30.3 Å². The van der Waals surface area contributed by atoms with E-state index in [-0.39, 0.29) is 17.6 Å². The summed E-state index contributed by atoms with van der Waals surface area (Å²) in [5.74, 6) is 0.294. The van der Waals surface area contributed by atoms with Crippen LogP contribution in [0.5, 0.6) is 0 Å². The number of rotatable bonds is 3. The van der Waals surface area contributed by atoms with Gasteiger partial charge in [0, 0.05) is 17.4 Å². The summed E-state index contributed by atoms with van der Waals surface area (Å²) in [6.07, 6.45) is 0. The first-order valence-corrected chi connectivity index (χ1v) is 5.12. The van der Waals surface area contributed by atoms with Crippen LogP contribution in [0.4, 0.5) is 0 Å². The topological polar surface area (TPSA) is 35.5 Å². The van der Waals surface area contributed by atoms with Gasteiger partial charge >= 0.3 is 0 Å². The van der Waals surface area contributed by atoms with Gasteiger partial charge in [-0.2, -0.15) is 0 Å². The van der Waals surface area contributed by atoms with Crippen LogP contribution in [0.3, 0.4) is 0 Å². The van der Waals surface area contributed by atoms with Crippen LogP contribution in [-0.4, -0.2) is 19.0 Å². The van der Waals surface area contributed by atoms with Gasteiger partial charge in [-0.1, -0.05) is 37.3 Å². The monoisotopic (exact) mass is 206 g/mol. The summed E-state index contributed by atoms with van der Waals surface area (Å²) in [4.78, 5) is 21.6. The van der Waals surface area contributed by atoms with E-state index in [0.29, 0.717) is 13.2 Å². The second-order valence-electron chi connectivity index (χ2n) is 3.85. The highest BCUT2D eigenvalue weighted by Gasteiger charge is 2.29. The Balaban J connectivity index is 2.07. The Morgan fingerprint density at radius 3 is 2.47 bits per heavy atom. The SMILES string of the molecule is CC(C(=O)c1ccccc1)C1COOC1. The third-order valence-electron chi connectivity index (χ3n) is 2.83. The van der Waals surface area contributed by atoms with E-state index in [4.69, 9.17) is 9.78 Å². The van der Waals surface area contributed by atoms with Gasteiger partial charge in [-0.25, -0.2) is 9.78 Å². The van der Waals surface area contributed by atoms with E-state index >= 15 is 0 Å². The zero-order valence-electron chi connectivity index (χ0n) is 8.68. The molecule has 0 amide bonds. The van der Waals surface area contributed by atoms with Crippen molar-refractivity contribution in [2.24, 2.45) is 11.8 Å². The fourth-order valence-electron chi connectivity index (χ4n) is 1.69. The molecule has 2 rings (SSSR count). The van der Waals surface area contributed by atoms with Crippen LogP contribution in [0.2, 0.25) is 0 Å². The van der Waals surface area contributed by atoms with Crippen molar-refractivity contribution in [1.29, 1.82) is 0 Å². The van der Waals surface area contributed by atoms with E-state index in [1.54, 1.807) is 0 Å². The fourth-order valence-corrected chi connectivity index (χ4v) is 1.69. The van der Waals surface area contributed by atoms with Crippen molar-refractivity contribution in [3.05, 3.63) is 35.9 Å². The molecule has 1 aliphatic rings. The molecule has 0 spiro atoms. The van der Waals surface area contributed by atoms with Crippen LogP contribution < -0.4 is 0 Å². The maximum absolute atomic E-state index is 12.0. The number of carbonyl (C=O) groups excluding carboxylic acids is 1. The first-order valence-electron chi connectivity index (χ1n) is 5.12. The summed E-state index contributed by atoms with van der Waals surface area (Å²) in [6, 6.07) is 9.34. The van der Waals surface area contributed by atoms with Gasteiger partial charge in [-0.05, 0) is 0 Å². The van der Waals surface area contributed by atoms with E-state index in [9.17, 15) is 4.79 Å². The standard InChI is InChI=1S/C12H14O3/c1-9(11-7-14-15-8-11)12(13)10-5-3-2-4-6-10/h2-6,9,11H,7-8H2,1H3. The Kier molecular flexibility index (Phi) is 3.14. The van der Waals surface area contributed by atoms with Gasteiger partial charge in [0.2, 0.25) is 0 Å². The Bertz CT molecular complexity index is 328. The molecule has 3 nitrogen and oxygen atoms in total. The van der Waals surface area contributed by atoms with Gasteiger partial charge in [0.25, 0.3) is 0 Å². The average Bonchev–Trinajstić information content (AvgIpc) is 2.82. The maximum atomic E-state index is 12.0. The van der Waals surface area contributed by atoms with Crippen molar-refractivity contribution < 1.29 is 14.6 Å². The molecule has 1 aromatic rings. The van der Waals surface area contributed by atoms with Crippen LogP contribution in [0.25, 0.3) is 0 Å². The number of hydrogen-bond acceptors (Lipinski definition) is 3. The highest BCUT2D eigenvalue weighted by Crippen LogP contribution is 2.22. The number of benzene rings is 1. The van der Waals surface area contributed by atoms with Crippen molar-refractivity contribution in [3.8, 4) is 0 Å². The summed E-state index contributed by atoms with van der Waals surface area (Å²) in [6.45, 7) is 2.96. The molecule has 1 fully saturated rings. The number of ketones is 1. The maximum Gasteiger partial charge on any atom is 0.166 e. The highest BCUT2D eigenvalue weighted by molar-refractivity contribution is 5.97. The summed E-state index contributed by atoms with van der Waals surface area (Å²) in [5.41, 5.74) is 0.761. The molecule has 1 aromatic carbocycles. The van der Waals surface area contributed by atoms with Crippen LogP contribution in [0, 0.1) is 11.8 Å². The molecule has 1 unspecified atom stereocenters. The molecule has 1 atom stereocenters. The van der Waals surface area contributed by atoms with Gasteiger partial charge in [0.15, 0.2) is 5.78 Å². The Labute approximate surface area is 88.9 Å². The largest absolute Gasteiger partial charge is 0.294 e. The summed E-state index contributed by atoms with van der Waals surface area (Å²) in [7, 11) is 0. The Hall–Kier alpha value is -1.19. The molecule has 0 aliphatic carbocycles. The van der Waals surface area contributed by atoms with Crippen molar-refractivity contribution >= 4 is 5.78 Å². The smallest absolute Gasteiger partial charge is 0.166 e. The Morgan fingerprint density at radius 1 is 1.27 bits per heavy atom. The minimum absolute atomic E-state index is 0.0464. The van der Waals surface area contributed by atoms with Crippen LogP contribution in [-0.2, 0) is 9.78 Å². The normalized spacial score (nSPS) is 19.0. The summed E-state index contributed by atoms with van der Waals surface area (Å²) >= 11 is 0. The molecule has 1 saturated heterocycles. The van der Waals surface area contributed by atoms with Crippen molar-refractivity contribution in [2.75, 3.05) is 13.2 Å². The van der Waals surface area contributed by atoms with E-state index in [2.05, 4.69) is 0 Å². The molecule has 0 saturated carbocycles. The molecular formula is C12H14O3. The van der Waals surface area contributed by atoms with Crippen molar-refractivity contribution in [2.45, 2.75) is 6.92 Å². The molecule has 80 valence electrons. The number of Topliss-reactive ketones (excluding diaryl/α,β-unsaturated/α-hetero) is 1. The Morgan fingerprint density at radius 2 is 1.87 bits per heavy atom. The molecular weight excluding hydrogens is 192 g/mol. The molecule has 15 heavy (non-hydrogen) atoms. The minimum atomic E-state index is -0.0464. The predicted molar refractivity (Wildman–Crippen MR) is 55.3 cm³/mol. The number of hydrogen-bond donors (Lipinski definition) is 0.